The van der Waals surface area contributed by atoms with Crippen LogP contribution in [0.4, 0.5) is 0 Å². The summed E-state index contributed by atoms with van der Waals surface area (Å²) < 4.78 is 10.7. The maximum Gasteiger partial charge on any atom is 0.305 e. The second-order valence-corrected chi connectivity index (χ2v) is 5.96. The van der Waals surface area contributed by atoms with Gasteiger partial charge in [0.25, 0.3) is 0 Å². The number of unbranched alkanes of at least 4 members (excludes halogenated alkanes) is 1. The summed E-state index contributed by atoms with van der Waals surface area (Å²) in [6.07, 6.45) is 2.95. The Balaban J connectivity index is 1.80. The molecule has 1 atom stereocenters. The largest absolute Gasteiger partial charge is 0.469 e. The predicted octanol–water partition coefficient (Wildman–Crippen LogP) is 3.70. The number of ether oxygens (including phenoxy) is 2. The molecular weight excluding hydrogens is 314 g/mol. The molecule has 0 amide bonds. The van der Waals surface area contributed by atoms with Gasteiger partial charge in [0.05, 0.1) is 13.7 Å². The monoisotopic (exact) mass is 341 g/mol. The van der Waals surface area contributed by atoms with Crippen molar-refractivity contribution >= 4 is 5.97 Å². The maximum absolute atomic E-state index is 11.1. The molecule has 0 aliphatic rings. The van der Waals surface area contributed by atoms with Gasteiger partial charge in [0.1, 0.15) is 6.23 Å². The van der Waals surface area contributed by atoms with E-state index in [2.05, 4.69) is 34.3 Å². The van der Waals surface area contributed by atoms with Crippen molar-refractivity contribution in [3.05, 3.63) is 71.8 Å². The number of rotatable bonds is 11. The van der Waals surface area contributed by atoms with Crippen molar-refractivity contribution < 1.29 is 14.3 Å². The highest BCUT2D eigenvalue weighted by molar-refractivity contribution is 5.68. The van der Waals surface area contributed by atoms with Crippen molar-refractivity contribution in [3.8, 4) is 0 Å². The summed E-state index contributed by atoms with van der Waals surface area (Å²) in [6.45, 7) is 1.39. The molecule has 0 bridgehead atoms. The van der Waals surface area contributed by atoms with Crippen LogP contribution in [0.3, 0.4) is 0 Å². The molecule has 4 heteroatoms. The zero-order chi connectivity index (χ0) is 17.7. The van der Waals surface area contributed by atoms with Crippen molar-refractivity contribution in [1.29, 1.82) is 0 Å². The highest BCUT2D eigenvalue weighted by atomic mass is 16.5. The van der Waals surface area contributed by atoms with Crippen LogP contribution in [-0.2, 0) is 27.3 Å². The van der Waals surface area contributed by atoms with E-state index in [9.17, 15) is 4.79 Å². The van der Waals surface area contributed by atoms with E-state index in [4.69, 9.17) is 4.74 Å². The summed E-state index contributed by atoms with van der Waals surface area (Å²) in [4.78, 5) is 11.1. The van der Waals surface area contributed by atoms with Crippen LogP contribution in [0.25, 0.3) is 0 Å². The third-order valence-corrected chi connectivity index (χ3v) is 3.97. The first-order chi connectivity index (χ1) is 12.3. The SMILES string of the molecule is COC(=O)CCCCNC(Cc1ccccc1)OCc1ccccc1. The molecule has 0 radical (unpaired) electrons. The van der Waals surface area contributed by atoms with Crippen molar-refractivity contribution in [3.63, 3.8) is 0 Å². The van der Waals surface area contributed by atoms with E-state index in [1.165, 1.54) is 12.7 Å². The minimum absolute atomic E-state index is 0.0549. The molecule has 25 heavy (non-hydrogen) atoms. The molecule has 0 aliphatic heterocycles. The molecule has 134 valence electrons. The van der Waals surface area contributed by atoms with Crippen LogP contribution in [0.5, 0.6) is 0 Å². The molecule has 2 rings (SSSR count). The van der Waals surface area contributed by atoms with Gasteiger partial charge in [-0.15, -0.1) is 0 Å². The molecular formula is C21H27NO3. The van der Waals surface area contributed by atoms with Crippen molar-refractivity contribution in [2.45, 2.75) is 38.5 Å². The number of hydrogen-bond donors (Lipinski definition) is 1. The van der Waals surface area contributed by atoms with Crippen molar-refractivity contribution in [2.24, 2.45) is 0 Å². The number of carbonyl (C=O) groups excluding carboxylic acids is 1. The van der Waals surface area contributed by atoms with E-state index in [1.807, 2.05) is 36.4 Å². The first-order valence-corrected chi connectivity index (χ1v) is 8.77. The van der Waals surface area contributed by atoms with Gasteiger partial charge in [-0.05, 0) is 30.5 Å². The summed E-state index contributed by atoms with van der Waals surface area (Å²) in [6, 6.07) is 20.5. The van der Waals surface area contributed by atoms with E-state index in [-0.39, 0.29) is 12.2 Å². The maximum atomic E-state index is 11.1. The molecule has 2 aromatic carbocycles. The van der Waals surface area contributed by atoms with Gasteiger partial charge in [0.15, 0.2) is 0 Å². The molecule has 0 heterocycles. The number of methoxy groups -OCH3 is 1. The van der Waals surface area contributed by atoms with E-state index >= 15 is 0 Å². The van der Waals surface area contributed by atoms with Crippen LogP contribution in [0.2, 0.25) is 0 Å². The first kappa shape index (κ1) is 19.2. The van der Waals surface area contributed by atoms with Gasteiger partial charge in [-0.2, -0.15) is 0 Å². The van der Waals surface area contributed by atoms with Gasteiger partial charge in [0, 0.05) is 12.8 Å². The standard InChI is InChI=1S/C21H27NO3/c1-24-21(23)14-8-9-15-22-20(16-18-10-4-2-5-11-18)25-17-19-12-6-3-7-13-19/h2-7,10-13,20,22H,8-9,14-17H2,1H3. The lowest BCUT2D eigenvalue weighted by atomic mass is 10.1. The van der Waals surface area contributed by atoms with Crippen molar-refractivity contribution in [2.75, 3.05) is 13.7 Å². The Morgan fingerprint density at radius 1 is 0.960 bits per heavy atom. The number of carbonyl (C=O) groups is 1. The molecule has 0 spiro atoms. The molecule has 0 aliphatic carbocycles. The van der Waals surface area contributed by atoms with E-state index < -0.39 is 0 Å². The fourth-order valence-electron chi connectivity index (χ4n) is 2.55. The molecule has 0 fully saturated rings. The zero-order valence-electron chi connectivity index (χ0n) is 14.8. The summed E-state index contributed by atoms with van der Waals surface area (Å²) in [7, 11) is 1.42. The van der Waals surface area contributed by atoms with E-state index in [0.29, 0.717) is 13.0 Å². The summed E-state index contributed by atoms with van der Waals surface area (Å²) in [5, 5.41) is 3.46. The van der Waals surface area contributed by atoms with Crippen LogP contribution in [0, 0.1) is 0 Å². The minimum Gasteiger partial charge on any atom is -0.469 e. The van der Waals surface area contributed by atoms with Gasteiger partial charge in [-0.25, -0.2) is 0 Å². The Morgan fingerprint density at radius 2 is 1.60 bits per heavy atom. The lowest BCUT2D eigenvalue weighted by molar-refractivity contribution is -0.140. The smallest absolute Gasteiger partial charge is 0.305 e. The average Bonchev–Trinajstić information content (AvgIpc) is 2.67. The van der Waals surface area contributed by atoms with Gasteiger partial charge >= 0.3 is 5.97 Å². The topological polar surface area (TPSA) is 47.6 Å². The van der Waals surface area contributed by atoms with Crippen molar-refractivity contribution in [1.82, 2.24) is 5.32 Å². The minimum atomic E-state index is -0.152. The molecule has 0 aromatic heterocycles. The molecule has 2 aromatic rings. The van der Waals surface area contributed by atoms with Crippen LogP contribution in [0.15, 0.2) is 60.7 Å². The Bertz CT molecular complexity index is 601. The Hall–Kier alpha value is -2.17. The quantitative estimate of drug-likeness (QED) is 0.384. The lowest BCUT2D eigenvalue weighted by Gasteiger charge is -2.20. The lowest BCUT2D eigenvalue weighted by Crippen LogP contribution is -2.34. The van der Waals surface area contributed by atoms with E-state index in [1.54, 1.807) is 0 Å². The molecule has 0 saturated heterocycles. The Morgan fingerprint density at radius 3 is 2.24 bits per heavy atom. The first-order valence-electron chi connectivity index (χ1n) is 8.77. The van der Waals surface area contributed by atoms with Crippen LogP contribution in [0.1, 0.15) is 30.4 Å². The molecule has 1 N–H and O–H groups in total. The summed E-state index contributed by atoms with van der Waals surface area (Å²) >= 11 is 0. The van der Waals surface area contributed by atoms with Gasteiger partial charge < -0.3 is 9.47 Å². The highest BCUT2D eigenvalue weighted by Crippen LogP contribution is 2.08. The second kappa shape index (κ2) is 11.4. The fraction of sp³-hybridized carbons (Fsp3) is 0.381. The Labute approximate surface area is 150 Å². The number of hydrogen-bond acceptors (Lipinski definition) is 4. The normalized spacial score (nSPS) is 11.9. The van der Waals surface area contributed by atoms with Crippen LogP contribution < -0.4 is 5.32 Å². The second-order valence-electron chi connectivity index (χ2n) is 5.96. The fourth-order valence-corrected chi connectivity index (χ4v) is 2.55. The molecule has 4 nitrogen and oxygen atoms in total. The van der Waals surface area contributed by atoms with Crippen LogP contribution in [-0.4, -0.2) is 25.9 Å². The van der Waals surface area contributed by atoms with Gasteiger partial charge in [0.2, 0.25) is 0 Å². The third kappa shape index (κ3) is 7.96. The third-order valence-electron chi connectivity index (χ3n) is 3.97. The predicted molar refractivity (Wildman–Crippen MR) is 99.0 cm³/mol. The Kier molecular flexibility index (Phi) is 8.73. The van der Waals surface area contributed by atoms with E-state index in [0.717, 1.165) is 31.4 Å². The highest BCUT2D eigenvalue weighted by Gasteiger charge is 2.10. The summed E-state index contributed by atoms with van der Waals surface area (Å²) in [5.41, 5.74) is 2.40. The number of esters is 1. The molecule has 1 unspecified atom stereocenters. The van der Waals surface area contributed by atoms with Gasteiger partial charge in [-0.1, -0.05) is 60.7 Å². The average molecular weight is 341 g/mol. The number of nitrogens with one attached hydrogen (secondary N) is 1. The van der Waals surface area contributed by atoms with Gasteiger partial charge in [-0.3, -0.25) is 10.1 Å². The van der Waals surface area contributed by atoms with Crippen LogP contribution >= 0.6 is 0 Å². The number of benzene rings is 2. The zero-order valence-corrected chi connectivity index (χ0v) is 14.8. The molecule has 0 saturated carbocycles. The summed E-state index contributed by atoms with van der Waals surface area (Å²) in [5.74, 6) is -0.152.